The molecule has 0 unspecified atom stereocenters. The molecule has 0 aliphatic carbocycles. The summed E-state index contributed by atoms with van der Waals surface area (Å²) in [6, 6.07) is 28.4. The minimum Gasteiger partial charge on any atom is -0.367 e. The van der Waals surface area contributed by atoms with Gasteiger partial charge in [-0.15, -0.1) is 0 Å². The minimum atomic E-state index is -0.496. The summed E-state index contributed by atoms with van der Waals surface area (Å²) in [7, 11) is 0. The Kier molecular flexibility index (Phi) is 7.34. The van der Waals surface area contributed by atoms with E-state index in [1.165, 1.54) is 6.92 Å². The molecular formula is C26H23N3O2. The van der Waals surface area contributed by atoms with Gasteiger partial charge < -0.3 is 10.2 Å². The molecule has 3 aromatic carbocycles. The van der Waals surface area contributed by atoms with Gasteiger partial charge in [0.25, 0.3) is 5.91 Å². The smallest absolute Gasteiger partial charge is 0.267 e. The van der Waals surface area contributed by atoms with Crippen LogP contribution >= 0.6 is 0 Å². The number of carbonyl (C=O) groups excluding carboxylic acids is 2. The van der Waals surface area contributed by atoms with Crippen molar-refractivity contribution in [2.75, 3.05) is 5.32 Å². The molecule has 0 aliphatic heterocycles. The standard InChI is InChI=1S/C26H23N3O2/c1-20(30)23-12-14-25(15-13-23)28-26(31)24(16-27)19-29(17-21-8-4-2-5-9-21)18-22-10-6-3-7-11-22/h2-15,19H,17-18H2,1H3,(H,28,31)/b24-19-. The highest BCUT2D eigenvalue weighted by Crippen LogP contribution is 2.15. The number of nitrogens with one attached hydrogen (secondary N) is 1. The predicted octanol–water partition coefficient (Wildman–Crippen LogP) is 4.94. The summed E-state index contributed by atoms with van der Waals surface area (Å²) in [6.45, 7) is 2.60. The van der Waals surface area contributed by atoms with Crippen molar-refractivity contribution < 1.29 is 9.59 Å². The van der Waals surface area contributed by atoms with Crippen molar-refractivity contribution in [3.63, 3.8) is 0 Å². The molecule has 0 spiro atoms. The van der Waals surface area contributed by atoms with Crippen LogP contribution in [-0.2, 0) is 17.9 Å². The molecule has 154 valence electrons. The van der Waals surface area contributed by atoms with E-state index in [9.17, 15) is 14.9 Å². The Bertz CT molecular complexity index is 1060. The first kappa shape index (κ1) is 21.5. The van der Waals surface area contributed by atoms with Gasteiger partial charge in [-0.1, -0.05) is 60.7 Å². The molecule has 3 aromatic rings. The van der Waals surface area contributed by atoms with Gasteiger partial charge in [0, 0.05) is 30.5 Å². The molecule has 5 nitrogen and oxygen atoms in total. The van der Waals surface area contributed by atoms with Gasteiger partial charge in [0.2, 0.25) is 0 Å². The number of carbonyl (C=O) groups is 2. The van der Waals surface area contributed by atoms with E-state index in [0.29, 0.717) is 24.3 Å². The Balaban J connectivity index is 1.80. The van der Waals surface area contributed by atoms with Crippen LogP contribution in [-0.4, -0.2) is 16.6 Å². The molecule has 0 radical (unpaired) electrons. The van der Waals surface area contributed by atoms with E-state index in [0.717, 1.165) is 11.1 Å². The maximum absolute atomic E-state index is 12.7. The van der Waals surface area contributed by atoms with E-state index in [1.54, 1.807) is 30.5 Å². The average molecular weight is 409 g/mol. The van der Waals surface area contributed by atoms with E-state index >= 15 is 0 Å². The fourth-order valence-electron chi connectivity index (χ4n) is 3.09. The molecule has 0 saturated heterocycles. The summed E-state index contributed by atoms with van der Waals surface area (Å²) >= 11 is 0. The summed E-state index contributed by atoms with van der Waals surface area (Å²) in [4.78, 5) is 26.1. The second-order valence-corrected chi connectivity index (χ2v) is 7.12. The van der Waals surface area contributed by atoms with Crippen LogP contribution in [0, 0.1) is 11.3 Å². The van der Waals surface area contributed by atoms with Crippen LogP contribution < -0.4 is 5.32 Å². The summed E-state index contributed by atoms with van der Waals surface area (Å²) in [6.07, 6.45) is 1.60. The zero-order chi connectivity index (χ0) is 22.1. The summed E-state index contributed by atoms with van der Waals surface area (Å²) in [5, 5.41) is 12.3. The fourth-order valence-corrected chi connectivity index (χ4v) is 3.09. The molecule has 0 atom stereocenters. The summed E-state index contributed by atoms with van der Waals surface area (Å²) in [5.74, 6) is -0.544. The second-order valence-electron chi connectivity index (χ2n) is 7.12. The quantitative estimate of drug-likeness (QED) is 0.325. The third-order valence-electron chi connectivity index (χ3n) is 4.68. The monoisotopic (exact) mass is 409 g/mol. The highest BCUT2D eigenvalue weighted by atomic mass is 16.1. The topological polar surface area (TPSA) is 73.2 Å². The van der Waals surface area contributed by atoms with Crippen LogP contribution in [0.4, 0.5) is 5.69 Å². The van der Waals surface area contributed by atoms with Crippen LogP contribution in [0.3, 0.4) is 0 Å². The van der Waals surface area contributed by atoms with Crippen molar-refractivity contribution in [1.82, 2.24) is 4.90 Å². The van der Waals surface area contributed by atoms with Crippen molar-refractivity contribution in [3.8, 4) is 6.07 Å². The van der Waals surface area contributed by atoms with E-state index in [2.05, 4.69) is 5.32 Å². The lowest BCUT2D eigenvalue weighted by Crippen LogP contribution is -2.21. The molecule has 0 heterocycles. The normalized spacial score (nSPS) is 10.8. The van der Waals surface area contributed by atoms with Gasteiger partial charge in [0.1, 0.15) is 11.6 Å². The number of nitrogens with zero attached hydrogens (tertiary/aromatic N) is 2. The Morgan fingerprint density at radius 2 is 1.39 bits per heavy atom. The molecule has 1 N–H and O–H groups in total. The molecule has 0 fully saturated rings. The lowest BCUT2D eigenvalue weighted by molar-refractivity contribution is -0.112. The van der Waals surface area contributed by atoms with E-state index in [1.807, 2.05) is 71.6 Å². The zero-order valence-electron chi connectivity index (χ0n) is 17.3. The van der Waals surface area contributed by atoms with Crippen LogP contribution in [0.5, 0.6) is 0 Å². The molecular weight excluding hydrogens is 386 g/mol. The Morgan fingerprint density at radius 3 is 1.84 bits per heavy atom. The first-order chi connectivity index (χ1) is 15.0. The van der Waals surface area contributed by atoms with Crippen molar-refractivity contribution in [2.45, 2.75) is 20.0 Å². The summed E-state index contributed by atoms with van der Waals surface area (Å²) in [5.41, 5.74) is 3.24. The third-order valence-corrected chi connectivity index (χ3v) is 4.68. The van der Waals surface area contributed by atoms with E-state index < -0.39 is 5.91 Å². The molecule has 31 heavy (non-hydrogen) atoms. The van der Waals surface area contributed by atoms with Gasteiger partial charge in [-0.3, -0.25) is 9.59 Å². The molecule has 5 heteroatoms. The lowest BCUT2D eigenvalue weighted by Gasteiger charge is -2.21. The lowest BCUT2D eigenvalue weighted by atomic mass is 10.1. The second kappa shape index (κ2) is 10.6. The maximum atomic E-state index is 12.7. The number of benzene rings is 3. The highest BCUT2D eigenvalue weighted by molar-refractivity contribution is 6.06. The van der Waals surface area contributed by atoms with Gasteiger partial charge >= 0.3 is 0 Å². The number of anilines is 1. The Morgan fingerprint density at radius 1 is 0.871 bits per heavy atom. The molecule has 0 bridgehead atoms. The maximum Gasteiger partial charge on any atom is 0.267 e. The molecule has 3 rings (SSSR count). The number of hydrogen-bond acceptors (Lipinski definition) is 4. The number of ketones is 1. The largest absolute Gasteiger partial charge is 0.367 e. The predicted molar refractivity (Wildman–Crippen MR) is 121 cm³/mol. The first-order valence-corrected chi connectivity index (χ1v) is 9.91. The number of hydrogen-bond donors (Lipinski definition) is 1. The van der Waals surface area contributed by atoms with Crippen molar-refractivity contribution in [3.05, 3.63) is 113 Å². The van der Waals surface area contributed by atoms with E-state index in [-0.39, 0.29) is 11.4 Å². The number of rotatable bonds is 8. The molecule has 0 saturated carbocycles. The minimum absolute atomic E-state index is 0.00232. The first-order valence-electron chi connectivity index (χ1n) is 9.91. The van der Waals surface area contributed by atoms with Crippen molar-refractivity contribution >= 4 is 17.4 Å². The Labute approximate surface area is 182 Å². The number of Topliss-reactive ketones (excluding diaryl/α,β-unsaturated/α-hetero) is 1. The SMILES string of the molecule is CC(=O)c1ccc(NC(=O)/C(C#N)=C\N(Cc2ccccc2)Cc2ccccc2)cc1. The van der Waals surface area contributed by atoms with Crippen LogP contribution in [0.2, 0.25) is 0 Å². The molecule has 0 aromatic heterocycles. The number of nitriles is 1. The highest BCUT2D eigenvalue weighted by Gasteiger charge is 2.13. The van der Waals surface area contributed by atoms with Crippen LogP contribution in [0.1, 0.15) is 28.4 Å². The Hall–Kier alpha value is -4.17. The van der Waals surface area contributed by atoms with Gasteiger partial charge in [-0.2, -0.15) is 5.26 Å². The van der Waals surface area contributed by atoms with Crippen LogP contribution in [0.15, 0.2) is 96.7 Å². The average Bonchev–Trinajstić information content (AvgIpc) is 2.79. The fraction of sp³-hybridized carbons (Fsp3) is 0.115. The van der Waals surface area contributed by atoms with Gasteiger partial charge in [0.05, 0.1) is 0 Å². The number of amides is 1. The van der Waals surface area contributed by atoms with Gasteiger partial charge in [-0.25, -0.2) is 0 Å². The van der Waals surface area contributed by atoms with E-state index in [4.69, 9.17) is 0 Å². The van der Waals surface area contributed by atoms with Crippen molar-refractivity contribution in [1.29, 1.82) is 5.26 Å². The third kappa shape index (κ3) is 6.41. The van der Waals surface area contributed by atoms with Crippen LogP contribution in [0.25, 0.3) is 0 Å². The zero-order valence-corrected chi connectivity index (χ0v) is 17.3. The molecule has 1 amide bonds. The van der Waals surface area contributed by atoms with Gasteiger partial charge in [0.15, 0.2) is 5.78 Å². The van der Waals surface area contributed by atoms with Gasteiger partial charge in [-0.05, 0) is 42.3 Å². The summed E-state index contributed by atoms with van der Waals surface area (Å²) < 4.78 is 0. The van der Waals surface area contributed by atoms with Crippen molar-refractivity contribution in [2.24, 2.45) is 0 Å². The molecule has 0 aliphatic rings.